The molecule has 4 aromatic rings. The molecular formula is C23H18F3N5O3. The number of urea groups is 1. The topological polar surface area (TPSA) is 90.3 Å². The van der Waals surface area contributed by atoms with Crippen molar-refractivity contribution in [3.05, 3.63) is 84.9 Å². The number of alkyl halides is 3. The van der Waals surface area contributed by atoms with Gasteiger partial charge in [-0.1, -0.05) is 12.1 Å². The summed E-state index contributed by atoms with van der Waals surface area (Å²) in [6.07, 6.45) is -1.18. The highest BCUT2D eigenvalue weighted by molar-refractivity contribution is 6.00. The fourth-order valence-electron chi connectivity index (χ4n) is 2.99. The molecule has 0 spiro atoms. The lowest BCUT2D eigenvalue weighted by Crippen LogP contribution is -2.22. The Morgan fingerprint density at radius 3 is 2.35 bits per heavy atom. The van der Waals surface area contributed by atoms with E-state index in [0.717, 1.165) is 6.07 Å². The summed E-state index contributed by atoms with van der Waals surface area (Å²) in [5.74, 6) is 1.47. The van der Waals surface area contributed by atoms with E-state index in [1.807, 2.05) is 29.1 Å². The molecule has 174 valence electrons. The highest BCUT2D eigenvalue weighted by Crippen LogP contribution is 2.30. The van der Waals surface area contributed by atoms with Gasteiger partial charge in [-0.3, -0.25) is 0 Å². The fraction of sp³-hybridized carbons (Fsp3) is 0.0870. The molecule has 0 aliphatic rings. The van der Waals surface area contributed by atoms with E-state index >= 15 is 0 Å². The smallest absolute Gasteiger partial charge is 0.439 e. The zero-order valence-electron chi connectivity index (χ0n) is 17.7. The van der Waals surface area contributed by atoms with Crippen molar-refractivity contribution in [3.8, 4) is 23.2 Å². The second-order valence-electron chi connectivity index (χ2n) is 6.95. The quantitative estimate of drug-likeness (QED) is 0.366. The van der Waals surface area contributed by atoms with E-state index in [4.69, 9.17) is 4.74 Å². The van der Waals surface area contributed by atoms with Gasteiger partial charge in [0.05, 0.1) is 5.69 Å². The standard InChI is InChI=1S/C23H18F3N5O3/c1-15-27-20(31-12-4-5-13-31)14-21(28-15)33-17-10-8-16(9-11-17)29-22(32)30-18-6-2-3-7-19(18)34-23(24,25)26/h2-14H,1H3,(H2,29,30,32). The number of amides is 2. The van der Waals surface area contributed by atoms with Crippen LogP contribution >= 0.6 is 0 Å². The number of aromatic nitrogens is 3. The number of carbonyl (C=O) groups is 1. The normalized spacial score (nSPS) is 11.1. The number of nitrogens with one attached hydrogen (secondary N) is 2. The summed E-state index contributed by atoms with van der Waals surface area (Å²) in [7, 11) is 0. The Kier molecular flexibility index (Phi) is 6.35. The van der Waals surface area contributed by atoms with Crippen LogP contribution in [-0.2, 0) is 0 Å². The molecule has 8 nitrogen and oxygen atoms in total. The van der Waals surface area contributed by atoms with E-state index in [0.29, 0.717) is 29.0 Å². The minimum Gasteiger partial charge on any atom is -0.439 e. The van der Waals surface area contributed by atoms with E-state index in [1.165, 1.54) is 18.2 Å². The summed E-state index contributed by atoms with van der Waals surface area (Å²) < 4.78 is 49.2. The van der Waals surface area contributed by atoms with Gasteiger partial charge in [-0.15, -0.1) is 13.2 Å². The summed E-state index contributed by atoms with van der Waals surface area (Å²) in [6, 6.07) is 16.3. The third-order valence-corrected chi connectivity index (χ3v) is 4.37. The summed E-state index contributed by atoms with van der Waals surface area (Å²) in [5, 5.41) is 4.87. The van der Waals surface area contributed by atoms with Gasteiger partial charge in [0, 0.05) is 24.1 Å². The first kappa shape index (κ1) is 22.6. The van der Waals surface area contributed by atoms with Crippen molar-refractivity contribution in [1.82, 2.24) is 14.5 Å². The molecule has 34 heavy (non-hydrogen) atoms. The molecular weight excluding hydrogens is 451 g/mol. The second kappa shape index (κ2) is 9.53. The van der Waals surface area contributed by atoms with Gasteiger partial charge in [0.15, 0.2) is 5.75 Å². The van der Waals surface area contributed by atoms with Crippen LogP contribution in [0.1, 0.15) is 5.82 Å². The van der Waals surface area contributed by atoms with E-state index in [1.54, 1.807) is 37.3 Å². The van der Waals surface area contributed by atoms with Gasteiger partial charge in [-0.05, 0) is 55.5 Å². The lowest BCUT2D eigenvalue weighted by atomic mass is 10.3. The minimum absolute atomic E-state index is 0.130. The van der Waals surface area contributed by atoms with Gasteiger partial charge in [-0.2, -0.15) is 4.98 Å². The molecule has 2 heterocycles. The molecule has 2 aromatic heterocycles. The van der Waals surface area contributed by atoms with Crippen molar-refractivity contribution in [2.45, 2.75) is 13.3 Å². The van der Waals surface area contributed by atoms with E-state index in [2.05, 4.69) is 25.3 Å². The first-order valence-electron chi connectivity index (χ1n) is 9.95. The number of hydrogen-bond acceptors (Lipinski definition) is 5. The average Bonchev–Trinajstić information content (AvgIpc) is 3.30. The van der Waals surface area contributed by atoms with Crippen LogP contribution < -0.4 is 20.1 Å². The molecule has 0 atom stereocenters. The van der Waals surface area contributed by atoms with Crippen molar-refractivity contribution < 1.29 is 27.4 Å². The predicted octanol–water partition coefficient (Wildman–Crippen LogP) is 5.91. The second-order valence-corrected chi connectivity index (χ2v) is 6.95. The van der Waals surface area contributed by atoms with Crippen LogP contribution in [-0.4, -0.2) is 26.9 Å². The summed E-state index contributed by atoms with van der Waals surface area (Å²) >= 11 is 0. The number of benzene rings is 2. The molecule has 2 amide bonds. The Balaban J connectivity index is 1.40. The number of ether oxygens (including phenoxy) is 2. The lowest BCUT2D eigenvalue weighted by molar-refractivity contribution is -0.274. The summed E-state index contributed by atoms with van der Waals surface area (Å²) in [6.45, 7) is 1.75. The first-order chi connectivity index (χ1) is 16.2. The number of anilines is 2. The SMILES string of the molecule is Cc1nc(Oc2ccc(NC(=O)Nc3ccccc3OC(F)(F)F)cc2)cc(-n2cccc2)n1. The molecule has 0 radical (unpaired) electrons. The summed E-state index contributed by atoms with van der Waals surface area (Å²) in [4.78, 5) is 20.9. The van der Waals surface area contributed by atoms with Crippen molar-refractivity contribution in [2.75, 3.05) is 10.6 Å². The first-order valence-corrected chi connectivity index (χ1v) is 9.95. The number of carbonyl (C=O) groups excluding carboxylic acids is 1. The zero-order chi connectivity index (χ0) is 24.1. The van der Waals surface area contributed by atoms with Gasteiger partial charge >= 0.3 is 12.4 Å². The minimum atomic E-state index is -4.88. The lowest BCUT2D eigenvalue weighted by Gasteiger charge is -2.14. The maximum Gasteiger partial charge on any atom is 0.573 e. The van der Waals surface area contributed by atoms with Crippen LogP contribution in [0.5, 0.6) is 17.4 Å². The Morgan fingerprint density at radius 2 is 1.65 bits per heavy atom. The fourth-order valence-corrected chi connectivity index (χ4v) is 2.99. The van der Waals surface area contributed by atoms with Gasteiger partial charge in [0.1, 0.15) is 17.4 Å². The van der Waals surface area contributed by atoms with Crippen molar-refractivity contribution in [1.29, 1.82) is 0 Å². The number of hydrogen-bond donors (Lipinski definition) is 2. The number of para-hydroxylation sites is 2. The molecule has 0 saturated carbocycles. The Bertz CT molecular complexity index is 1280. The van der Waals surface area contributed by atoms with Crippen LogP contribution in [0.3, 0.4) is 0 Å². The number of aryl methyl sites for hydroxylation is 1. The highest BCUT2D eigenvalue weighted by Gasteiger charge is 2.32. The van der Waals surface area contributed by atoms with Crippen molar-refractivity contribution in [2.24, 2.45) is 0 Å². The van der Waals surface area contributed by atoms with Crippen LogP contribution in [0, 0.1) is 6.92 Å². The number of nitrogens with zero attached hydrogens (tertiary/aromatic N) is 3. The third kappa shape index (κ3) is 6.03. The molecule has 0 bridgehead atoms. The van der Waals surface area contributed by atoms with Gasteiger partial charge in [-0.25, -0.2) is 9.78 Å². The predicted molar refractivity (Wildman–Crippen MR) is 118 cm³/mol. The van der Waals surface area contributed by atoms with Crippen molar-refractivity contribution >= 4 is 17.4 Å². The van der Waals surface area contributed by atoms with Crippen LogP contribution in [0.4, 0.5) is 29.3 Å². The molecule has 2 aromatic carbocycles. The van der Waals surface area contributed by atoms with E-state index in [9.17, 15) is 18.0 Å². The number of halogens is 3. The van der Waals surface area contributed by atoms with Gasteiger partial charge < -0.3 is 24.7 Å². The zero-order valence-corrected chi connectivity index (χ0v) is 17.7. The molecule has 11 heteroatoms. The highest BCUT2D eigenvalue weighted by atomic mass is 19.4. The van der Waals surface area contributed by atoms with Crippen LogP contribution in [0.2, 0.25) is 0 Å². The van der Waals surface area contributed by atoms with E-state index < -0.39 is 18.1 Å². The Labute approximate surface area is 192 Å². The third-order valence-electron chi connectivity index (χ3n) is 4.37. The Hall–Kier alpha value is -4.54. The van der Waals surface area contributed by atoms with Crippen LogP contribution in [0.25, 0.3) is 5.82 Å². The molecule has 0 saturated heterocycles. The maximum absolute atomic E-state index is 12.5. The molecule has 4 rings (SSSR count). The largest absolute Gasteiger partial charge is 0.573 e. The molecule has 0 fully saturated rings. The summed E-state index contributed by atoms with van der Waals surface area (Å²) in [5.41, 5.74) is 0.265. The van der Waals surface area contributed by atoms with Gasteiger partial charge in [0.25, 0.3) is 0 Å². The molecule has 0 aliphatic heterocycles. The molecule has 0 aliphatic carbocycles. The monoisotopic (exact) mass is 469 g/mol. The van der Waals surface area contributed by atoms with E-state index in [-0.39, 0.29) is 5.69 Å². The Morgan fingerprint density at radius 1 is 0.941 bits per heavy atom. The van der Waals surface area contributed by atoms with Crippen LogP contribution in [0.15, 0.2) is 79.1 Å². The average molecular weight is 469 g/mol. The number of rotatable bonds is 6. The maximum atomic E-state index is 12.5. The van der Waals surface area contributed by atoms with Gasteiger partial charge in [0.2, 0.25) is 5.88 Å². The van der Waals surface area contributed by atoms with Crippen molar-refractivity contribution in [3.63, 3.8) is 0 Å². The molecule has 2 N–H and O–H groups in total. The molecule has 0 unspecified atom stereocenters.